The van der Waals surface area contributed by atoms with E-state index in [1.807, 2.05) is 48.5 Å². The lowest BCUT2D eigenvalue weighted by Crippen LogP contribution is -2.68. The Bertz CT molecular complexity index is 892. The van der Waals surface area contributed by atoms with E-state index in [9.17, 15) is 4.79 Å². The lowest BCUT2D eigenvalue weighted by atomic mass is 10.2. The number of aldehydes is 1. The van der Waals surface area contributed by atoms with Crippen molar-refractivity contribution in [1.82, 2.24) is 0 Å². The second-order valence-corrected chi connectivity index (χ2v) is 12.0. The molecular formula is C24H26O3Si. The fourth-order valence-corrected chi connectivity index (χ4v) is 8.16. The lowest BCUT2D eigenvalue weighted by Gasteiger charge is -2.43. The maximum absolute atomic E-state index is 11.9. The smallest absolute Gasteiger partial charge is 0.319 e. The molecule has 0 aliphatic heterocycles. The lowest BCUT2D eigenvalue weighted by molar-refractivity contribution is 0.111. The van der Waals surface area contributed by atoms with Gasteiger partial charge in [-0.05, 0) is 27.5 Å². The van der Waals surface area contributed by atoms with Gasteiger partial charge in [0.15, 0.2) is 6.29 Å². The minimum Gasteiger partial charge on any atom is -0.533 e. The van der Waals surface area contributed by atoms with Crippen molar-refractivity contribution in [1.29, 1.82) is 0 Å². The first-order valence-corrected chi connectivity index (χ1v) is 11.3. The third-order valence-electron chi connectivity index (χ3n) is 5.04. The van der Waals surface area contributed by atoms with Gasteiger partial charge < -0.3 is 9.16 Å². The second-order valence-electron chi connectivity index (χ2n) is 7.76. The Balaban J connectivity index is 2.31. The summed E-state index contributed by atoms with van der Waals surface area (Å²) in [6, 6.07) is 26.2. The van der Waals surface area contributed by atoms with Crippen molar-refractivity contribution >= 4 is 25.0 Å². The number of methoxy groups -OCH3 is 1. The molecule has 28 heavy (non-hydrogen) atoms. The molecule has 3 nitrogen and oxygen atoms in total. The SMILES string of the molecule is COc1cccc(O[Si](c2ccccc2)(c2ccccc2)C(C)(C)C)c1C=O. The Morgan fingerprint density at radius 1 is 0.750 bits per heavy atom. The van der Waals surface area contributed by atoms with Gasteiger partial charge in [-0.1, -0.05) is 87.5 Å². The maximum atomic E-state index is 11.9. The van der Waals surface area contributed by atoms with Gasteiger partial charge in [-0.15, -0.1) is 0 Å². The molecule has 0 aromatic heterocycles. The average Bonchev–Trinajstić information content (AvgIpc) is 2.72. The summed E-state index contributed by atoms with van der Waals surface area (Å²) in [5.74, 6) is 1.08. The van der Waals surface area contributed by atoms with E-state index in [4.69, 9.17) is 9.16 Å². The summed E-state index contributed by atoms with van der Waals surface area (Å²) >= 11 is 0. The predicted octanol–water partition coefficient (Wildman–Crippen LogP) is 4.45. The largest absolute Gasteiger partial charge is 0.533 e. The van der Waals surface area contributed by atoms with Gasteiger partial charge in [0.1, 0.15) is 11.5 Å². The highest BCUT2D eigenvalue weighted by Gasteiger charge is 2.52. The van der Waals surface area contributed by atoms with Crippen LogP contribution in [0.4, 0.5) is 0 Å². The van der Waals surface area contributed by atoms with Crippen LogP contribution in [0.25, 0.3) is 0 Å². The topological polar surface area (TPSA) is 35.5 Å². The Morgan fingerprint density at radius 2 is 1.25 bits per heavy atom. The number of carbonyl (C=O) groups is 1. The van der Waals surface area contributed by atoms with Crippen LogP contribution >= 0.6 is 0 Å². The van der Waals surface area contributed by atoms with E-state index in [0.717, 1.165) is 16.7 Å². The van der Waals surface area contributed by atoms with E-state index >= 15 is 0 Å². The first kappa shape index (κ1) is 19.9. The third kappa shape index (κ3) is 3.48. The zero-order chi connectivity index (χ0) is 20.2. The Morgan fingerprint density at radius 3 is 1.68 bits per heavy atom. The summed E-state index contributed by atoms with van der Waals surface area (Å²) in [5, 5.41) is 2.14. The molecule has 0 saturated carbocycles. The van der Waals surface area contributed by atoms with Crippen molar-refractivity contribution in [3.8, 4) is 11.5 Å². The van der Waals surface area contributed by atoms with Gasteiger partial charge >= 0.3 is 8.32 Å². The van der Waals surface area contributed by atoms with Gasteiger partial charge in [0, 0.05) is 0 Å². The molecule has 0 saturated heterocycles. The number of ether oxygens (including phenoxy) is 1. The maximum Gasteiger partial charge on any atom is 0.319 e. The average molecular weight is 391 g/mol. The molecule has 3 aromatic carbocycles. The van der Waals surface area contributed by atoms with Crippen LogP contribution in [0.2, 0.25) is 5.04 Å². The van der Waals surface area contributed by atoms with Gasteiger partial charge in [-0.2, -0.15) is 0 Å². The molecule has 3 rings (SSSR count). The van der Waals surface area contributed by atoms with Gasteiger partial charge in [0.2, 0.25) is 0 Å². The number of rotatable bonds is 6. The van der Waals surface area contributed by atoms with Crippen LogP contribution in [-0.2, 0) is 0 Å². The quantitative estimate of drug-likeness (QED) is 0.461. The molecular weight excluding hydrogens is 364 g/mol. The van der Waals surface area contributed by atoms with Crippen molar-refractivity contribution in [2.75, 3.05) is 7.11 Å². The van der Waals surface area contributed by atoms with Crippen molar-refractivity contribution in [3.05, 3.63) is 84.4 Å². The summed E-state index contributed by atoms with van der Waals surface area (Å²) in [7, 11) is -1.22. The zero-order valence-electron chi connectivity index (χ0n) is 16.8. The number of benzene rings is 3. The summed E-state index contributed by atoms with van der Waals surface area (Å²) in [6.07, 6.45) is 0.811. The Kier molecular flexibility index (Phi) is 5.70. The molecule has 0 bridgehead atoms. The van der Waals surface area contributed by atoms with E-state index in [1.165, 1.54) is 0 Å². The molecule has 144 valence electrons. The van der Waals surface area contributed by atoms with Crippen molar-refractivity contribution in [3.63, 3.8) is 0 Å². The highest BCUT2D eigenvalue weighted by Crippen LogP contribution is 2.39. The van der Waals surface area contributed by atoms with Crippen LogP contribution in [-0.4, -0.2) is 21.7 Å². The van der Waals surface area contributed by atoms with Gasteiger partial charge in [0.25, 0.3) is 0 Å². The first-order valence-electron chi connectivity index (χ1n) is 9.36. The van der Waals surface area contributed by atoms with Crippen molar-refractivity contribution in [2.45, 2.75) is 25.8 Å². The molecule has 3 aromatic rings. The summed E-state index contributed by atoms with van der Waals surface area (Å²) in [5.41, 5.74) is 0.443. The third-order valence-corrected chi connectivity index (χ3v) is 9.97. The van der Waals surface area contributed by atoms with Crippen molar-refractivity contribution in [2.24, 2.45) is 0 Å². The molecule has 0 aliphatic rings. The van der Waals surface area contributed by atoms with E-state index in [1.54, 1.807) is 13.2 Å². The molecule has 0 N–H and O–H groups in total. The van der Waals surface area contributed by atoms with Crippen LogP contribution in [0.5, 0.6) is 11.5 Å². The first-order chi connectivity index (χ1) is 13.4. The molecule has 4 heteroatoms. The van der Waals surface area contributed by atoms with E-state index < -0.39 is 8.32 Å². The van der Waals surface area contributed by atoms with Crippen molar-refractivity contribution < 1.29 is 14.0 Å². The minimum atomic E-state index is -2.79. The molecule has 0 heterocycles. The van der Waals surface area contributed by atoms with Gasteiger partial charge in [0.05, 0.1) is 12.7 Å². The number of hydrogen-bond donors (Lipinski definition) is 0. The second kappa shape index (κ2) is 8.03. The monoisotopic (exact) mass is 390 g/mol. The molecule has 0 fully saturated rings. The van der Waals surface area contributed by atoms with Crippen LogP contribution in [0, 0.1) is 0 Å². The predicted molar refractivity (Wildman–Crippen MR) is 117 cm³/mol. The summed E-state index contributed by atoms with van der Waals surface area (Å²) < 4.78 is 12.3. The molecule has 0 unspecified atom stereocenters. The fraction of sp³-hybridized carbons (Fsp3) is 0.208. The normalized spacial score (nSPS) is 11.7. The van der Waals surface area contributed by atoms with Crippen LogP contribution in [0.1, 0.15) is 31.1 Å². The zero-order valence-corrected chi connectivity index (χ0v) is 17.8. The van der Waals surface area contributed by atoms with Gasteiger partial charge in [-0.25, -0.2) is 0 Å². The van der Waals surface area contributed by atoms with Gasteiger partial charge in [-0.3, -0.25) is 4.79 Å². The van der Waals surface area contributed by atoms with Crippen LogP contribution in [0.15, 0.2) is 78.9 Å². The van der Waals surface area contributed by atoms with E-state index in [0.29, 0.717) is 17.1 Å². The summed E-state index contributed by atoms with van der Waals surface area (Å²) in [6.45, 7) is 6.62. The molecule has 0 spiro atoms. The highest BCUT2D eigenvalue weighted by atomic mass is 28.4. The van der Waals surface area contributed by atoms with E-state index in [-0.39, 0.29) is 5.04 Å². The molecule has 0 aliphatic carbocycles. The number of carbonyl (C=O) groups excluding carboxylic acids is 1. The molecule has 0 amide bonds. The Labute approximate surface area is 168 Å². The highest BCUT2D eigenvalue weighted by molar-refractivity contribution is 7.00. The van der Waals surface area contributed by atoms with Crippen LogP contribution < -0.4 is 19.5 Å². The van der Waals surface area contributed by atoms with E-state index in [2.05, 4.69) is 45.0 Å². The fourth-order valence-electron chi connectivity index (χ4n) is 3.72. The molecule has 0 radical (unpaired) electrons. The summed E-state index contributed by atoms with van der Waals surface area (Å²) in [4.78, 5) is 11.9. The van der Waals surface area contributed by atoms with Crippen LogP contribution in [0.3, 0.4) is 0 Å². The minimum absolute atomic E-state index is 0.182. The standard InChI is InChI=1S/C24H26O3Si/c1-24(2,3)28(19-12-7-5-8-13-19,20-14-9-6-10-15-20)27-23-17-11-16-22(26-4)21(23)18-25/h5-18H,1-4H3. The number of hydrogen-bond acceptors (Lipinski definition) is 3. The Hall–Kier alpha value is -2.85. The molecule has 0 atom stereocenters.